The molecule has 0 radical (unpaired) electrons. The van der Waals surface area contributed by atoms with E-state index in [0.717, 1.165) is 24.3 Å². The van der Waals surface area contributed by atoms with E-state index in [-0.39, 0.29) is 5.56 Å². The average Bonchev–Trinajstić information content (AvgIpc) is 2.42. The molecule has 6 heteroatoms. The second-order valence-electron chi connectivity index (χ2n) is 4.56. The molecule has 0 unspecified atom stereocenters. The first-order chi connectivity index (χ1) is 9.79. The molecule has 0 bridgehead atoms. The minimum atomic E-state index is -4.43. The Bertz CT molecular complexity index is 643. The Morgan fingerprint density at radius 3 is 2.00 bits per heavy atom. The van der Waals surface area contributed by atoms with Crippen LogP contribution in [0.2, 0.25) is 0 Å². The lowest BCUT2D eigenvalue weighted by Gasteiger charge is -2.06. The predicted octanol–water partition coefficient (Wildman–Crippen LogP) is 2.88. The van der Waals surface area contributed by atoms with Crippen molar-refractivity contribution in [3.05, 3.63) is 65.0 Å². The minimum absolute atomic E-state index is 0.0538. The van der Waals surface area contributed by atoms with Crippen LogP contribution in [0.4, 0.5) is 13.2 Å². The highest BCUT2D eigenvalue weighted by atomic mass is 19.4. The van der Waals surface area contributed by atoms with Crippen molar-refractivity contribution in [1.29, 1.82) is 0 Å². The summed E-state index contributed by atoms with van der Waals surface area (Å²) < 4.78 is 38.7. The molecule has 2 aromatic rings. The van der Waals surface area contributed by atoms with Gasteiger partial charge in [0.1, 0.15) is 0 Å². The average molecular weight is 296 g/mol. The molecule has 0 spiro atoms. The zero-order valence-corrected chi connectivity index (χ0v) is 11.4. The molecular weight excluding hydrogens is 283 g/mol. The SMILES string of the molecule is Cc1cccc(C)[n+]1OC(=O)c1ccc(C(F)(F)F)cc1. The number of benzene rings is 1. The van der Waals surface area contributed by atoms with Crippen molar-refractivity contribution in [3.8, 4) is 0 Å². The zero-order chi connectivity index (χ0) is 15.6. The van der Waals surface area contributed by atoms with Gasteiger partial charge in [-0.2, -0.15) is 18.0 Å². The molecule has 2 rings (SSSR count). The van der Waals surface area contributed by atoms with E-state index in [2.05, 4.69) is 0 Å². The van der Waals surface area contributed by atoms with E-state index in [0.29, 0.717) is 11.4 Å². The predicted molar refractivity (Wildman–Crippen MR) is 68.5 cm³/mol. The Morgan fingerprint density at radius 2 is 1.52 bits per heavy atom. The van der Waals surface area contributed by atoms with Crippen molar-refractivity contribution >= 4 is 5.97 Å². The molecular formula is C15H13F3NO2+. The normalized spacial score (nSPS) is 11.3. The first-order valence-corrected chi connectivity index (χ1v) is 6.17. The third-order valence-electron chi connectivity index (χ3n) is 2.94. The summed E-state index contributed by atoms with van der Waals surface area (Å²) in [7, 11) is 0. The first kappa shape index (κ1) is 15.0. The van der Waals surface area contributed by atoms with Gasteiger partial charge in [0, 0.05) is 30.7 Å². The first-order valence-electron chi connectivity index (χ1n) is 6.17. The Balaban J connectivity index is 2.21. The van der Waals surface area contributed by atoms with E-state index in [9.17, 15) is 18.0 Å². The van der Waals surface area contributed by atoms with Crippen LogP contribution in [0.3, 0.4) is 0 Å². The lowest BCUT2D eigenvalue weighted by Crippen LogP contribution is -2.50. The van der Waals surface area contributed by atoms with E-state index in [4.69, 9.17) is 4.84 Å². The van der Waals surface area contributed by atoms with E-state index in [1.165, 1.54) is 4.73 Å². The van der Waals surface area contributed by atoms with Gasteiger partial charge in [-0.15, -0.1) is 0 Å². The van der Waals surface area contributed by atoms with Crippen LogP contribution >= 0.6 is 0 Å². The van der Waals surface area contributed by atoms with Gasteiger partial charge in [-0.1, -0.05) is 0 Å². The molecule has 21 heavy (non-hydrogen) atoms. The molecule has 1 aromatic heterocycles. The number of hydrogen-bond acceptors (Lipinski definition) is 2. The number of pyridine rings is 1. The Hall–Kier alpha value is -2.37. The molecule has 0 N–H and O–H groups in total. The summed E-state index contributed by atoms with van der Waals surface area (Å²) in [5.41, 5.74) is 0.655. The monoisotopic (exact) mass is 296 g/mol. The molecule has 0 atom stereocenters. The number of rotatable bonds is 2. The van der Waals surface area contributed by atoms with Crippen LogP contribution in [0.5, 0.6) is 0 Å². The highest BCUT2D eigenvalue weighted by Gasteiger charge is 2.30. The van der Waals surface area contributed by atoms with Crippen molar-refractivity contribution < 1.29 is 27.5 Å². The zero-order valence-electron chi connectivity index (χ0n) is 11.4. The summed E-state index contributed by atoms with van der Waals surface area (Å²) in [5, 5.41) is 0. The number of hydrogen-bond donors (Lipinski definition) is 0. The standard InChI is InChI=1S/C15H13F3NO2/c1-10-4-3-5-11(2)19(10)21-14(20)12-6-8-13(9-7-12)15(16,17)18/h3-9H,1-2H3/q+1. The number of alkyl halides is 3. The fourth-order valence-corrected chi connectivity index (χ4v) is 1.82. The van der Waals surface area contributed by atoms with Crippen molar-refractivity contribution in [2.24, 2.45) is 0 Å². The summed E-state index contributed by atoms with van der Waals surface area (Å²) >= 11 is 0. The fourth-order valence-electron chi connectivity index (χ4n) is 1.82. The maximum atomic E-state index is 12.5. The van der Waals surface area contributed by atoms with E-state index in [1.54, 1.807) is 26.0 Å². The smallest absolute Gasteiger partial charge is 0.239 e. The van der Waals surface area contributed by atoms with E-state index in [1.807, 2.05) is 6.07 Å². The molecule has 110 valence electrons. The van der Waals surface area contributed by atoms with Gasteiger partial charge in [-0.05, 0) is 30.3 Å². The number of nitrogens with zero attached hydrogens (tertiary/aromatic N) is 1. The minimum Gasteiger partial charge on any atom is -0.239 e. The fraction of sp³-hybridized carbons (Fsp3) is 0.200. The summed E-state index contributed by atoms with van der Waals surface area (Å²) in [5.74, 6) is -0.717. The van der Waals surface area contributed by atoms with Crippen molar-refractivity contribution in [3.63, 3.8) is 0 Å². The molecule has 0 amide bonds. The number of aryl methyl sites for hydroxylation is 2. The topological polar surface area (TPSA) is 30.2 Å². The molecule has 0 saturated carbocycles. The Kier molecular flexibility index (Phi) is 3.97. The van der Waals surface area contributed by atoms with E-state index >= 15 is 0 Å². The van der Waals surface area contributed by atoms with Gasteiger partial charge < -0.3 is 0 Å². The van der Waals surface area contributed by atoms with Crippen LogP contribution in [0, 0.1) is 13.8 Å². The second-order valence-corrected chi connectivity index (χ2v) is 4.56. The highest BCUT2D eigenvalue weighted by molar-refractivity contribution is 5.89. The van der Waals surface area contributed by atoms with Gasteiger partial charge in [0.2, 0.25) is 11.4 Å². The molecule has 0 aliphatic carbocycles. The molecule has 1 heterocycles. The van der Waals surface area contributed by atoms with Gasteiger partial charge in [-0.25, -0.2) is 4.79 Å². The number of halogens is 3. The molecule has 1 aromatic carbocycles. The molecule has 0 fully saturated rings. The lowest BCUT2D eigenvalue weighted by molar-refractivity contribution is -0.876. The maximum absolute atomic E-state index is 12.5. The number of aromatic nitrogens is 1. The van der Waals surface area contributed by atoms with Crippen LogP contribution in [0.25, 0.3) is 0 Å². The van der Waals surface area contributed by atoms with Gasteiger partial charge in [0.15, 0.2) is 0 Å². The van der Waals surface area contributed by atoms with Gasteiger partial charge >= 0.3 is 12.1 Å². The van der Waals surface area contributed by atoms with Crippen LogP contribution in [-0.2, 0) is 6.18 Å². The van der Waals surface area contributed by atoms with Crippen molar-refractivity contribution in [2.45, 2.75) is 20.0 Å². The van der Waals surface area contributed by atoms with Gasteiger partial charge in [-0.3, -0.25) is 0 Å². The van der Waals surface area contributed by atoms with Crippen LogP contribution in [-0.4, -0.2) is 5.97 Å². The third kappa shape index (κ3) is 3.39. The largest absolute Gasteiger partial charge is 0.416 e. The summed E-state index contributed by atoms with van der Waals surface area (Å²) in [6.45, 7) is 3.51. The van der Waals surface area contributed by atoms with E-state index < -0.39 is 17.7 Å². The number of carbonyl (C=O) groups excluding carboxylic acids is 1. The third-order valence-corrected chi connectivity index (χ3v) is 2.94. The second kappa shape index (κ2) is 5.55. The molecule has 0 aliphatic rings. The van der Waals surface area contributed by atoms with Crippen molar-refractivity contribution in [1.82, 2.24) is 0 Å². The highest BCUT2D eigenvalue weighted by Crippen LogP contribution is 2.29. The lowest BCUT2D eigenvalue weighted by atomic mass is 10.1. The van der Waals surface area contributed by atoms with Gasteiger partial charge in [0.05, 0.1) is 11.1 Å². The maximum Gasteiger partial charge on any atom is 0.416 e. The molecule has 3 nitrogen and oxygen atoms in total. The summed E-state index contributed by atoms with van der Waals surface area (Å²) in [4.78, 5) is 17.1. The molecule has 0 saturated heterocycles. The number of carbonyl (C=O) groups is 1. The van der Waals surface area contributed by atoms with Crippen LogP contribution in [0.1, 0.15) is 27.3 Å². The van der Waals surface area contributed by atoms with Gasteiger partial charge in [0.25, 0.3) is 0 Å². The van der Waals surface area contributed by atoms with Crippen LogP contribution < -0.4 is 9.57 Å². The summed E-state index contributed by atoms with van der Waals surface area (Å²) in [6.07, 6.45) is -4.43. The molecule has 0 aliphatic heterocycles. The summed E-state index contributed by atoms with van der Waals surface area (Å²) in [6, 6.07) is 9.23. The van der Waals surface area contributed by atoms with Crippen LogP contribution in [0.15, 0.2) is 42.5 Å². The quantitative estimate of drug-likeness (QED) is 0.798. The Morgan fingerprint density at radius 1 is 1.00 bits per heavy atom. The Labute approximate surface area is 119 Å². The van der Waals surface area contributed by atoms with Crippen molar-refractivity contribution in [2.75, 3.05) is 0 Å².